The second-order valence-corrected chi connectivity index (χ2v) is 8.93. The first-order chi connectivity index (χ1) is 15.4. The first-order valence-electron chi connectivity index (χ1n) is 9.98. The predicted octanol–water partition coefficient (Wildman–Crippen LogP) is 3.47. The number of carbonyl (C=O) groups excluding carboxylic acids is 1. The molecule has 3 heterocycles. The largest absolute Gasteiger partial charge is 0.339 e. The van der Waals surface area contributed by atoms with E-state index in [4.69, 9.17) is 5.73 Å². The standard InChI is InChI=1S/C23H22FN5O2S/c1-32(31)13-10-18(25)23(30)28-19-7-6-17-20(14-8-11-26-12-9-14)21(29-22(17)27-19)15-2-4-16(24)5-3-15/h2-9,11-12,18H,10,13,25H2,1H3,(H2,27,28,29,30). The molecule has 4 rings (SSSR count). The van der Waals surface area contributed by atoms with Gasteiger partial charge in [-0.1, -0.05) is 0 Å². The molecule has 9 heteroatoms. The summed E-state index contributed by atoms with van der Waals surface area (Å²) in [5.74, 6) is 0.000917. The third kappa shape index (κ3) is 4.74. The second-order valence-electron chi connectivity index (χ2n) is 7.37. The third-order valence-corrected chi connectivity index (χ3v) is 5.87. The number of anilines is 1. The summed E-state index contributed by atoms with van der Waals surface area (Å²) in [5.41, 5.74) is 9.88. The molecule has 0 aliphatic heterocycles. The Hall–Kier alpha value is -3.43. The minimum atomic E-state index is -1.01. The number of nitrogens with zero attached hydrogens (tertiary/aromatic N) is 2. The molecule has 2 atom stereocenters. The van der Waals surface area contributed by atoms with Gasteiger partial charge < -0.3 is 16.0 Å². The molecule has 0 radical (unpaired) electrons. The predicted molar refractivity (Wildman–Crippen MR) is 125 cm³/mol. The van der Waals surface area contributed by atoms with E-state index in [1.165, 1.54) is 12.1 Å². The van der Waals surface area contributed by atoms with Gasteiger partial charge in [-0.05, 0) is 66.1 Å². The normalized spacial score (nSPS) is 13.1. The average molecular weight is 452 g/mol. The summed E-state index contributed by atoms with van der Waals surface area (Å²) in [6.07, 6.45) is 5.30. The maximum Gasteiger partial charge on any atom is 0.242 e. The maximum absolute atomic E-state index is 13.5. The molecule has 4 N–H and O–H groups in total. The van der Waals surface area contributed by atoms with Gasteiger partial charge in [0, 0.05) is 46.2 Å². The number of rotatable bonds is 7. The van der Waals surface area contributed by atoms with E-state index in [2.05, 4.69) is 20.3 Å². The molecule has 1 aromatic carbocycles. The molecule has 0 aliphatic carbocycles. The van der Waals surface area contributed by atoms with Crippen LogP contribution in [0.1, 0.15) is 6.42 Å². The highest BCUT2D eigenvalue weighted by Gasteiger charge is 2.18. The van der Waals surface area contributed by atoms with Crippen molar-refractivity contribution in [1.29, 1.82) is 0 Å². The molecule has 3 aromatic heterocycles. The highest BCUT2D eigenvalue weighted by molar-refractivity contribution is 7.84. The molecule has 1 amide bonds. The van der Waals surface area contributed by atoms with Gasteiger partial charge in [-0.2, -0.15) is 0 Å². The summed E-state index contributed by atoms with van der Waals surface area (Å²) >= 11 is 0. The van der Waals surface area contributed by atoms with Crippen molar-refractivity contribution in [2.24, 2.45) is 5.73 Å². The minimum absolute atomic E-state index is 0.318. The number of amides is 1. The van der Waals surface area contributed by atoms with E-state index in [1.54, 1.807) is 36.8 Å². The van der Waals surface area contributed by atoms with Gasteiger partial charge >= 0.3 is 0 Å². The van der Waals surface area contributed by atoms with Crippen LogP contribution in [-0.4, -0.2) is 43.1 Å². The zero-order valence-electron chi connectivity index (χ0n) is 17.3. The number of H-pyrrole nitrogens is 1. The summed E-state index contributed by atoms with van der Waals surface area (Å²) < 4.78 is 24.7. The van der Waals surface area contributed by atoms with E-state index < -0.39 is 16.8 Å². The molecule has 2 unspecified atom stereocenters. The van der Waals surface area contributed by atoms with Crippen LogP contribution in [-0.2, 0) is 15.6 Å². The van der Waals surface area contributed by atoms with Crippen molar-refractivity contribution in [2.45, 2.75) is 12.5 Å². The molecule has 0 bridgehead atoms. The summed E-state index contributed by atoms with van der Waals surface area (Å²) in [5, 5.41) is 3.57. The van der Waals surface area contributed by atoms with Crippen LogP contribution in [0.25, 0.3) is 33.4 Å². The Balaban J connectivity index is 1.72. The van der Waals surface area contributed by atoms with E-state index in [-0.39, 0.29) is 11.7 Å². The Labute approximate surface area is 186 Å². The van der Waals surface area contributed by atoms with Gasteiger partial charge in [0.15, 0.2) is 0 Å². The van der Waals surface area contributed by atoms with Crippen LogP contribution in [0.3, 0.4) is 0 Å². The van der Waals surface area contributed by atoms with Crippen molar-refractivity contribution in [3.05, 3.63) is 66.7 Å². The van der Waals surface area contributed by atoms with Crippen molar-refractivity contribution in [3.63, 3.8) is 0 Å². The number of hydrogen-bond acceptors (Lipinski definition) is 5. The lowest BCUT2D eigenvalue weighted by Crippen LogP contribution is -2.36. The number of aromatic amines is 1. The van der Waals surface area contributed by atoms with E-state index in [0.29, 0.717) is 23.6 Å². The lowest BCUT2D eigenvalue weighted by Gasteiger charge is -2.11. The number of aromatic nitrogens is 3. The van der Waals surface area contributed by atoms with Gasteiger partial charge in [0.2, 0.25) is 5.91 Å². The lowest BCUT2D eigenvalue weighted by molar-refractivity contribution is -0.117. The highest BCUT2D eigenvalue weighted by atomic mass is 32.2. The molecule has 4 aromatic rings. The third-order valence-electron chi connectivity index (χ3n) is 5.06. The number of pyridine rings is 2. The van der Waals surface area contributed by atoms with Crippen LogP contribution in [0.15, 0.2) is 60.9 Å². The van der Waals surface area contributed by atoms with Crippen molar-refractivity contribution in [3.8, 4) is 22.4 Å². The Morgan fingerprint density at radius 2 is 1.84 bits per heavy atom. The topological polar surface area (TPSA) is 114 Å². The molecular formula is C23H22FN5O2S. The van der Waals surface area contributed by atoms with Gasteiger partial charge in [-0.3, -0.25) is 14.0 Å². The van der Waals surface area contributed by atoms with Gasteiger partial charge in [-0.25, -0.2) is 9.37 Å². The van der Waals surface area contributed by atoms with Gasteiger partial charge in [0.25, 0.3) is 0 Å². The summed E-state index contributed by atoms with van der Waals surface area (Å²) in [4.78, 5) is 24.3. The quantitative estimate of drug-likeness (QED) is 0.398. The fourth-order valence-corrected chi connectivity index (χ4v) is 4.02. The Morgan fingerprint density at radius 3 is 2.53 bits per heavy atom. The molecule has 0 fully saturated rings. The van der Waals surface area contributed by atoms with Crippen molar-refractivity contribution in [1.82, 2.24) is 15.0 Å². The number of fused-ring (bicyclic) bond motifs is 1. The lowest BCUT2D eigenvalue weighted by atomic mass is 10.00. The summed E-state index contributed by atoms with van der Waals surface area (Å²) in [6, 6.07) is 12.8. The number of nitrogens with two attached hydrogens (primary N) is 1. The van der Waals surface area contributed by atoms with E-state index >= 15 is 0 Å². The molecule has 32 heavy (non-hydrogen) atoms. The Morgan fingerprint density at radius 1 is 1.12 bits per heavy atom. The summed E-state index contributed by atoms with van der Waals surface area (Å²) in [6.45, 7) is 0. The number of benzene rings is 1. The van der Waals surface area contributed by atoms with Crippen LogP contribution in [0.4, 0.5) is 10.2 Å². The maximum atomic E-state index is 13.5. The van der Waals surface area contributed by atoms with Crippen LogP contribution < -0.4 is 11.1 Å². The fraction of sp³-hybridized carbons (Fsp3) is 0.174. The molecule has 0 aliphatic rings. The fourth-order valence-electron chi connectivity index (χ4n) is 3.44. The van der Waals surface area contributed by atoms with Crippen LogP contribution in [0.5, 0.6) is 0 Å². The van der Waals surface area contributed by atoms with Crippen LogP contribution in [0, 0.1) is 5.82 Å². The van der Waals surface area contributed by atoms with E-state index in [9.17, 15) is 13.4 Å². The van der Waals surface area contributed by atoms with Crippen molar-refractivity contribution >= 4 is 33.6 Å². The van der Waals surface area contributed by atoms with Gasteiger partial charge in [0.05, 0.1) is 11.7 Å². The highest BCUT2D eigenvalue weighted by Crippen LogP contribution is 2.38. The molecule has 7 nitrogen and oxygen atoms in total. The molecule has 0 saturated carbocycles. The van der Waals surface area contributed by atoms with E-state index in [0.717, 1.165) is 27.8 Å². The molecule has 164 valence electrons. The monoisotopic (exact) mass is 451 g/mol. The average Bonchev–Trinajstić information content (AvgIpc) is 3.17. The van der Waals surface area contributed by atoms with Crippen molar-refractivity contribution in [2.75, 3.05) is 17.3 Å². The summed E-state index contributed by atoms with van der Waals surface area (Å²) in [7, 11) is -1.01. The number of carbonyl (C=O) groups is 1. The van der Waals surface area contributed by atoms with E-state index in [1.807, 2.05) is 18.2 Å². The van der Waals surface area contributed by atoms with Gasteiger partial charge in [0.1, 0.15) is 17.3 Å². The zero-order chi connectivity index (χ0) is 22.7. The van der Waals surface area contributed by atoms with Gasteiger partial charge in [-0.15, -0.1) is 0 Å². The molecule has 0 spiro atoms. The Kier molecular flexibility index (Phi) is 6.38. The van der Waals surface area contributed by atoms with Crippen LogP contribution in [0.2, 0.25) is 0 Å². The van der Waals surface area contributed by atoms with Crippen molar-refractivity contribution < 1.29 is 13.4 Å². The number of hydrogen-bond donors (Lipinski definition) is 3. The first kappa shape index (κ1) is 21.8. The molecule has 0 saturated heterocycles. The smallest absolute Gasteiger partial charge is 0.242 e. The minimum Gasteiger partial charge on any atom is -0.339 e. The zero-order valence-corrected chi connectivity index (χ0v) is 18.2. The first-order valence-corrected chi connectivity index (χ1v) is 11.7. The number of halogens is 1. The van der Waals surface area contributed by atoms with Crippen LogP contribution >= 0.6 is 0 Å². The number of nitrogens with one attached hydrogen (secondary N) is 2. The SMILES string of the molecule is CS(=O)CCC(N)C(=O)Nc1ccc2c(-c3ccncc3)c(-c3ccc(F)cc3)[nH]c2n1. The Bertz CT molecular complexity index is 1280. The molecular weight excluding hydrogens is 429 g/mol. The second kappa shape index (κ2) is 9.37.